The molecule has 2 heterocycles. The average molecular weight is 522 g/mol. The Morgan fingerprint density at radius 1 is 1.10 bits per heavy atom. The molecule has 2 aliphatic rings. The third kappa shape index (κ3) is 6.31. The second-order valence-corrected chi connectivity index (χ2v) is 8.28. The van der Waals surface area contributed by atoms with E-state index in [1.54, 1.807) is 0 Å². The zero-order chi connectivity index (χ0) is 19.9. The number of piperidine rings is 1. The molecule has 0 aromatic heterocycles. The predicted molar refractivity (Wildman–Crippen MR) is 136 cm³/mol. The molecule has 2 fully saturated rings. The Balaban J connectivity index is 0.00000256. The Hall–Kier alpha value is -1.38. The standard InChI is InChI=1S/C24H34N4O.HI/c1-2-25-24(26-16-21-8-5-7-20-6-3-4-9-23(20)21)27-22-10-13-28(14-11-22)17-19-12-15-29-18-19;/h3-9,19,22H,2,10-18H2,1H3,(H2,25,26,27);1H. The van der Waals surface area contributed by atoms with Gasteiger partial charge in [0, 0.05) is 38.8 Å². The lowest BCUT2D eigenvalue weighted by Gasteiger charge is -2.34. The number of ether oxygens (including phenoxy) is 1. The van der Waals surface area contributed by atoms with E-state index in [1.807, 2.05) is 0 Å². The zero-order valence-corrected chi connectivity index (χ0v) is 20.3. The number of rotatable bonds is 6. The van der Waals surface area contributed by atoms with Crippen molar-refractivity contribution in [1.29, 1.82) is 0 Å². The van der Waals surface area contributed by atoms with Crippen molar-refractivity contribution in [3.8, 4) is 0 Å². The van der Waals surface area contributed by atoms with Gasteiger partial charge in [0.15, 0.2) is 5.96 Å². The van der Waals surface area contributed by atoms with Crippen molar-refractivity contribution < 1.29 is 4.74 Å². The minimum Gasteiger partial charge on any atom is -0.381 e. The van der Waals surface area contributed by atoms with E-state index in [0.29, 0.717) is 12.6 Å². The monoisotopic (exact) mass is 522 g/mol. The van der Waals surface area contributed by atoms with E-state index in [4.69, 9.17) is 9.73 Å². The van der Waals surface area contributed by atoms with Crippen LogP contribution in [0.15, 0.2) is 47.5 Å². The van der Waals surface area contributed by atoms with Crippen LogP contribution < -0.4 is 10.6 Å². The summed E-state index contributed by atoms with van der Waals surface area (Å²) >= 11 is 0. The Morgan fingerprint density at radius 3 is 2.67 bits per heavy atom. The molecule has 30 heavy (non-hydrogen) atoms. The Kier molecular flexibility index (Phi) is 9.21. The molecular weight excluding hydrogens is 487 g/mol. The number of hydrogen-bond acceptors (Lipinski definition) is 3. The van der Waals surface area contributed by atoms with Crippen molar-refractivity contribution in [2.45, 2.75) is 38.8 Å². The molecule has 0 saturated carbocycles. The fraction of sp³-hybridized carbons (Fsp3) is 0.542. The summed E-state index contributed by atoms with van der Waals surface area (Å²) in [5, 5.41) is 9.67. The fourth-order valence-corrected chi connectivity index (χ4v) is 4.46. The number of guanidine groups is 1. The Bertz CT molecular complexity index is 808. The molecule has 2 N–H and O–H groups in total. The molecule has 2 aromatic rings. The lowest BCUT2D eigenvalue weighted by atomic mass is 10.0. The van der Waals surface area contributed by atoms with Gasteiger partial charge in [-0.3, -0.25) is 0 Å². The molecule has 2 aliphatic heterocycles. The van der Waals surface area contributed by atoms with Crippen LogP contribution in [0.2, 0.25) is 0 Å². The van der Waals surface area contributed by atoms with Crippen molar-refractivity contribution in [1.82, 2.24) is 15.5 Å². The highest BCUT2D eigenvalue weighted by Gasteiger charge is 2.24. The van der Waals surface area contributed by atoms with Gasteiger partial charge in [0.1, 0.15) is 0 Å². The lowest BCUT2D eigenvalue weighted by Crippen LogP contribution is -2.49. The number of fused-ring (bicyclic) bond motifs is 1. The van der Waals surface area contributed by atoms with Gasteiger partial charge in [-0.25, -0.2) is 4.99 Å². The minimum atomic E-state index is 0. The number of aliphatic imine (C=N–C) groups is 1. The first kappa shape index (κ1) is 23.3. The maximum atomic E-state index is 5.53. The van der Waals surface area contributed by atoms with E-state index < -0.39 is 0 Å². The van der Waals surface area contributed by atoms with Crippen LogP contribution in [0.5, 0.6) is 0 Å². The van der Waals surface area contributed by atoms with Crippen LogP contribution in [-0.2, 0) is 11.3 Å². The summed E-state index contributed by atoms with van der Waals surface area (Å²) in [4.78, 5) is 7.50. The first-order chi connectivity index (χ1) is 14.3. The van der Waals surface area contributed by atoms with Gasteiger partial charge in [-0.05, 0) is 48.4 Å². The number of nitrogens with zero attached hydrogens (tertiary/aromatic N) is 2. The summed E-state index contributed by atoms with van der Waals surface area (Å²) in [7, 11) is 0. The number of likely N-dealkylation sites (tertiary alicyclic amines) is 1. The minimum absolute atomic E-state index is 0. The molecular formula is C24H35IN4O. The third-order valence-electron chi connectivity index (χ3n) is 6.10. The van der Waals surface area contributed by atoms with Gasteiger partial charge < -0.3 is 20.3 Å². The van der Waals surface area contributed by atoms with E-state index in [1.165, 1.54) is 42.1 Å². The quantitative estimate of drug-likeness (QED) is 0.342. The Labute approximate surface area is 197 Å². The zero-order valence-electron chi connectivity index (χ0n) is 18.0. The summed E-state index contributed by atoms with van der Waals surface area (Å²) in [6.07, 6.45) is 3.57. The van der Waals surface area contributed by atoms with E-state index in [9.17, 15) is 0 Å². The van der Waals surface area contributed by atoms with E-state index in [0.717, 1.165) is 44.7 Å². The number of benzene rings is 2. The van der Waals surface area contributed by atoms with Gasteiger partial charge in [0.05, 0.1) is 13.2 Å². The molecule has 0 bridgehead atoms. The molecule has 2 aromatic carbocycles. The van der Waals surface area contributed by atoms with Crippen molar-refractivity contribution in [2.24, 2.45) is 10.9 Å². The summed E-state index contributed by atoms with van der Waals surface area (Å²) in [5.41, 5.74) is 1.27. The summed E-state index contributed by atoms with van der Waals surface area (Å²) in [6.45, 7) is 9.11. The van der Waals surface area contributed by atoms with Crippen molar-refractivity contribution >= 4 is 40.7 Å². The largest absolute Gasteiger partial charge is 0.381 e. The van der Waals surface area contributed by atoms with Crippen molar-refractivity contribution in [3.05, 3.63) is 48.0 Å². The van der Waals surface area contributed by atoms with Crippen LogP contribution >= 0.6 is 24.0 Å². The van der Waals surface area contributed by atoms with E-state index in [2.05, 4.69) is 64.9 Å². The van der Waals surface area contributed by atoms with Crippen LogP contribution in [0.1, 0.15) is 31.7 Å². The topological polar surface area (TPSA) is 48.9 Å². The van der Waals surface area contributed by atoms with Gasteiger partial charge in [0.25, 0.3) is 0 Å². The van der Waals surface area contributed by atoms with E-state index in [-0.39, 0.29) is 24.0 Å². The van der Waals surface area contributed by atoms with Gasteiger partial charge in [-0.15, -0.1) is 24.0 Å². The smallest absolute Gasteiger partial charge is 0.191 e. The number of hydrogen-bond donors (Lipinski definition) is 2. The van der Waals surface area contributed by atoms with E-state index >= 15 is 0 Å². The first-order valence-electron chi connectivity index (χ1n) is 11.1. The van der Waals surface area contributed by atoms with Crippen LogP contribution in [0.3, 0.4) is 0 Å². The van der Waals surface area contributed by atoms with Crippen molar-refractivity contribution in [2.75, 3.05) is 39.4 Å². The lowest BCUT2D eigenvalue weighted by molar-refractivity contribution is 0.150. The molecule has 164 valence electrons. The molecule has 6 heteroatoms. The highest BCUT2D eigenvalue weighted by molar-refractivity contribution is 14.0. The van der Waals surface area contributed by atoms with Gasteiger partial charge in [-0.1, -0.05) is 42.5 Å². The van der Waals surface area contributed by atoms with Gasteiger partial charge in [-0.2, -0.15) is 0 Å². The highest BCUT2D eigenvalue weighted by Crippen LogP contribution is 2.20. The molecule has 1 unspecified atom stereocenters. The molecule has 0 aliphatic carbocycles. The SMILES string of the molecule is CCNC(=NCc1cccc2ccccc12)NC1CCN(CC2CCOC2)CC1.I. The van der Waals surface area contributed by atoms with Crippen molar-refractivity contribution in [3.63, 3.8) is 0 Å². The molecule has 0 radical (unpaired) electrons. The second-order valence-electron chi connectivity index (χ2n) is 8.28. The average Bonchev–Trinajstić information content (AvgIpc) is 3.26. The molecule has 4 rings (SSSR count). The van der Waals surface area contributed by atoms with Crippen LogP contribution in [0.25, 0.3) is 10.8 Å². The molecule has 5 nitrogen and oxygen atoms in total. The molecule has 1 atom stereocenters. The summed E-state index contributed by atoms with van der Waals surface area (Å²) in [6, 6.07) is 15.5. The van der Waals surface area contributed by atoms with Gasteiger partial charge >= 0.3 is 0 Å². The molecule has 2 saturated heterocycles. The summed E-state index contributed by atoms with van der Waals surface area (Å²) in [5.74, 6) is 1.67. The number of halogens is 1. The normalized spacial score (nSPS) is 20.8. The van der Waals surface area contributed by atoms with Crippen LogP contribution in [-0.4, -0.2) is 56.3 Å². The molecule has 0 amide bonds. The maximum Gasteiger partial charge on any atom is 0.191 e. The predicted octanol–water partition coefficient (Wildman–Crippen LogP) is 4.01. The second kappa shape index (κ2) is 11.9. The van der Waals surface area contributed by atoms with Gasteiger partial charge in [0.2, 0.25) is 0 Å². The first-order valence-corrected chi connectivity index (χ1v) is 11.1. The molecule has 0 spiro atoms. The van der Waals surface area contributed by atoms with Crippen LogP contribution in [0, 0.1) is 5.92 Å². The third-order valence-corrected chi connectivity index (χ3v) is 6.10. The maximum absolute atomic E-state index is 5.53. The van der Waals surface area contributed by atoms with Crippen LogP contribution in [0.4, 0.5) is 0 Å². The fourth-order valence-electron chi connectivity index (χ4n) is 4.46. The highest BCUT2D eigenvalue weighted by atomic mass is 127. The summed E-state index contributed by atoms with van der Waals surface area (Å²) < 4.78 is 5.53. The number of nitrogens with one attached hydrogen (secondary N) is 2. The Morgan fingerprint density at radius 2 is 1.90 bits per heavy atom.